The molecule has 0 aromatic heterocycles. The lowest BCUT2D eigenvalue weighted by Crippen LogP contribution is -2.36. The third-order valence-corrected chi connectivity index (χ3v) is 3.42. The van der Waals surface area contributed by atoms with Crippen molar-refractivity contribution in [1.29, 1.82) is 0 Å². The highest BCUT2D eigenvalue weighted by atomic mass is 16.5. The molecule has 1 aliphatic carbocycles. The molecule has 3 heteroatoms. The third kappa shape index (κ3) is 3.60. The average Bonchev–Trinajstić information content (AvgIpc) is 2.44. The number of amides is 1. The van der Waals surface area contributed by atoms with E-state index in [0.29, 0.717) is 6.54 Å². The predicted octanol–water partition coefficient (Wildman–Crippen LogP) is 2.63. The summed E-state index contributed by atoms with van der Waals surface area (Å²) < 4.78 is 5.69. The van der Waals surface area contributed by atoms with Crippen LogP contribution in [0.5, 0.6) is 5.75 Å². The molecule has 2 rings (SSSR count). The van der Waals surface area contributed by atoms with Gasteiger partial charge in [-0.2, -0.15) is 0 Å². The summed E-state index contributed by atoms with van der Waals surface area (Å²) >= 11 is 0. The van der Waals surface area contributed by atoms with E-state index in [1.807, 2.05) is 6.07 Å². The Morgan fingerprint density at radius 2 is 2.16 bits per heavy atom. The quantitative estimate of drug-likeness (QED) is 0.826. The fourth-order valence-electron chi connectivity index (χ4n) is 2.36. The number of benzene rings is 1. The van der Waals surface area contributed by atoms with Crippen molar-refractivity contribution in [1.82, 2.24) is 5.32 Å². The van der Waals surface area contributed by atoms with Gasteiger partial charge in [0.25, 0.3) is 5.91 Å². The highest BCUT2D eigenvalue weighted by molar-refractivity contribution is 5.80. The largest absolute Gasteiger partial charge is 0.481 e. The van der Waals surface area contributed by atoms with Gasteiger partial charge >= 0.3 is 0 Å². The lowest BCUT2D eigenvalue weighted by atomic mass is 9.92. The first-order chi connectivity index (χ1) is 9.20. The van der Waals surface area contributed by atoms with Crippen molar-refractivity contribution in [3.8, 4) is 5.75 Å². The number of aryl methyl sites for hydroxylation is 2. The highest BCUT2D eigenvalue weighted by Crippen LogP contribution is 2.25. The molecule has 1 aliphatic rings. The summed E-state index contributed by atoms with van der Waals surface area (Å²) in [6, 6.07) is 6.16. The predicted molar refractivity (Wildman–Crippen MR) is 76.4 cm³/mol. The molecule has 0 fully saturated rings. The molecule has 3 nitrogen and oxygen atoms in total. The van der Waals surface area contributed by atoms with E-state index in [-0.39, 0.29) is 5.91 Å². The van der Waals surface area contributed by atoms with E-state index < -0.39 is 6.10 Å². The molecule has 19 heavy (non-hydrogen) atoms. The molecule has 0 saturated carbocycles. The van der Waals surface area contributed by atoms with E-state index in [0.717, 1.165) is 18.6 Å². The first-order valence-electron chi connectivity index (χ1n) is 6.88. The van der Waals surface area contributed by atoms with Gasteiger partial charge in [-0.1, -0.05) is 12.1 Å². The Morgan fingerprint density at radius 3 is 2.89 bits per heavy atom. The van der Waals surface area contributed by atoms with Crippen LogP contribution in [0, 0.1) is 0 Å². The maximum atomic E-state index is 11.7. The average molecular weight is 259 g/mol. The monoisotopic (exact) mass is 259 g/mol. The van der Waals surface area contributed by atoms with Crippen molar-refractivity contribution in [2.45, 2.75) is 38.7 Å². The summed E-state index contributed by atoms with van der Waals surface area (Å²) in [7, 11) is 0. The molecule has 1 amide bonds. The molecule has 0 saturated heterocycles. The lowest BCUT2D eigenvalue weighted by Gasteiger charge is -2.19. The van der Waals surface area contributed by atoms with Crippen LogP contribution in [0.3, 0.4) is 0 Å². The zero-order chi connectivity index (χ0) is 13.7. The van der Waals surface area contributed by atoms with Gasteiger partial charge < -0.3 is 10.1 Å². The van der Waals surface area contributed by atoms with Gasteiger partial charge in [0.1, 0.15) is 5.75 Å². The second-order valence-corrected chi connectivity index (χ2v) is 4.93. The summed E-state index contributed by atoms with van der Waals surface area (Å²) in [5.74, 6) is 0.666. The molecule has 0 bridgehead atoms. The summed E-state index contributed by atoms with van der Waals surface area (Å²) in [6.07, 6.45) is 5.96. The first kappa shape index (κ1) is 13.7. The van der Waals surface area contributed by atoms with Crippen LogP contribution in [0.2, 0.25) is 0 Å². The standard InChI is InChI=1S/C16H21NO2/c1-3-10-17-16(18)12(2)19-15-9-8-13-6-4-5-7-14(13)11-15/h3,8-9,11-12H,1,4-7,10H2,2H3,(H,17,18)/t12-/m0/s1. The summed E-state index contributed by atoms with van der Waals surface area (Å²) in [6.45, 7) is 5.80. The number of rotatable bonds is 5. The maximum absolute atomic E-state index is 11.7. The second kappa shape index (κ2) is 6.41. The molecule has 1 N–H and O–H groups in total. The fourth-order valence-corrected chi connectivity index (χ4v) is 2.36. The van der Waals surface area contributed by atoms with Crippen LogP contribution in [0.25, 0.3) is 0 Å². The van der Waals surface area contributed by atoms with E-state index in [4.69, 9.17) is 4.74 Å². The molecule has 1 aromatic rings. The Balaban J connectivity index is 1.98. The van der Waals surface area contributed by atoms with Crippen LogP contribution in [0.4, 0.5) is 0 Å². The summed E-state index contributed by atoms with van der Waals surface area (Å²) in [5.41, 5.74) is 2.78. The number of fused-ring (bicyclic) bond motifs is 1. The minimum atomic E-state index is -0.485. The maximum Gasteiger partial charge on any atom is 0.261 e. The van der Waals surface area contributed by atoms with Gasteiger partial charge in [0.05, 0.1) is 0 Å². The Labute approximate surface area is 114 Å². The smallest absolute Gasteiger partial charge is 0.261 e. The van der Waals surface area contributed by atoms with Gasteiger partial charge in [-0.25, -0.2) is 0 Å². The number of carbonyl (C=O) groups excluding carboxylic acids is 1. The van der Waals surface area contributed by atoms with Crippen LogP contribution in [0.1, 0.15) is 30.9 Å². The number of carbonyl (C=O) groups is 1. The van der Waals surface area contributed by atoms with Crippen LogP contribution in [-0.2, 0) is 17.6 Å². The van der Waals surface area contributed by atoms with Crippen molar-refractivity contribution in [3.05, 3.63) is 42.0 Å². The van der Waals surface area contributed by atoms with Gasteiger partial charge in [0.2, 0.25) is 0 Å². The van der Waals surface area contributed by atoms with Crippen molar-refractivity contribution >= 4 is 5.91 Å². The fraction of sp³-hybridized carbons (Fsp3) is 0.438. The number of hydrogen-bond donors (Lipinski definition) is 1. The molecule has 0 spiro atoms. The zero-order valence-corrected chi connectivity index (χ0v) is 11.4. The SMILES string of the molecule is C=CCNC(=O)[C@H](C)Oc1ccc2c(c1)CCCC2. The van der Waals surface area contributed by atoms with Crippen LogP contribution < -0.4 is 10.1 Å². The Bertz CT molecular complexity index is 468. The van der Waals surface area contributed by atoms with E-state index >= 15 is 0 Å². The van der Waals surface area contributed by atoms with Crippen LogP contribution in [0.15, 0.2) is 30.9 Å². The van der Waals surface area contributed by atoms with Crippen LogP contribution >= 0.6 is 0 Å². The topological polar surface area (TPSA) is 38.3 Å². The van der Waals surface area contributed by atoms with Crippen molar-refractivity contribution in [2.24, 2.45) is 0 Å². The minimum Gasteiger partial charge on any atom is -0.481 e. The Morgan fingerprint density at radius 1 is 1.42 bits per heavy atom. The van der Waals surface area contributed by atoms with E-state index in [9.17, 15) is 4.79 Å². The van der Waals surface area contributed by atoms with Crippen molar-refractivity contribution in [2.75, 3.05) is 6.54 Å². The summed E-state index contributed by atoms with van der Waals surface area (Å²) in [5, 5.41) is 2.73. The Kier molecular flexibility index (Phi) is 4.61. The number of ether oxygens (including phenoxy) is 1. The van der Waals surface area contributed by atoms with Gasteiger partial charge in [0.15, 0.2) is 6.10 Å². The van der Waals surface area contributed by atoms with Gasteiger partial charge in [-0.3, -0.25) is 4.79 Å². The molecule has 0 unspecified atom stereocenters. The molecular formula is C16H21NO2. The number of nitrogens with one attached hydrogen (secondary N) is 1. The van der Waals surface area contributed by atoms with Crippen molar-refractivity contribution in [3.63, 3.8) is 0 Å². The molecule has 102 valence electrons. The second-order valence-electron chi connectivity index (χ2n) is 4.93. The molecular weight excluding hydrogens is 238 g/mol. The lowest BCUT2D eigenvalue weighted by molar-refractivity contribution is -0.127. The van der Waals surface area contributed by atoms with E-state index in [1.54, 1.807) is 13.0 Å². The summed E-state index contributed by atoms with van der Waals surface area (Å²) in [4.78, 5) is 11.7. The third-order valence-electron chi connectivity index (χ3n) is 3.42. The van der Waals surface area contributed by atoms with Crippen molar-refractivity contribution < 1.29 is 9.53 Å². The van der Waals surface area contributed by atoms with Gasteiger partial charge in [-0.15, -0.1) is 6.58 Å². The highest BCUT2D eigenvalue weighted by Gasteiger charge is 2.15. The zero-order valence-electron chi connectivity index (χ0n) is 11.4. The van der Waals surface area contributed by atoms with E-state index in [1.165, 1.54) is 24.0 Å². The van der Waals surface area contributed by atoms with Gasteiger partial charge in [-0.05, 0) is 55.9 Å². The Hall–Kier alpha value is -1.77. The minimum absolute atomic E-state index is 0.113. The molecule has 1 atom stereocenters. The molecule has 0 heterocycles. The number of hydrogen-bond acceptors (Lipinski definition) is 2. The normalized spacial score (nSPS) is 15.2. The van der Waals surface area contributed by atoms with E-state index in [2.05, 4.69) is 24.0 Å². The molecule has 0 radical (unpaired) electrons. The first-order valence-corrected chi connectivity index (χ1v) is 6.88. The van der Waals surface area contributed by atoms with Gasteiger partial charge in [0, 0.05) is 6.54 Å². The molecule has 1 aromatic carbocycles. The molecule has 0 aliphatic heterocycles. The van der Waals surface area contributed by atoms with Crippen LogP contribution in [-0.4, -0.2) is 18.6 Å².